The highest BCUT2D eigenvalue weighted by molar-refractivity contribution is 5.96. The van der Waals surface area contributed by atoms with Gasteiger partial charge in [-0.15, -0.1) is 0 Å². The Hall–Kier alpha value is -1.71. The van der Waals surface area contributed by atoms with Gasteiger partial charge in [0.15, 0.2) is 0 Å². The molecule has 0 bridgehead atoms. The normalized spacial score (nSPS) is 15.1. The van der Waals surface area contributed by atoms with E-state index in [2.05, 4.69) is 0 Å². The van der Waals surface area contributed by atoms with Crippen molar-refractivity contribution >= 4 is 17.3 Å². The van der Waals surface area contributed by atoms with Crippen LogP contribution in [-0.2, 0) is 11.2 Å². The Morgan fingerprint density at radius 3 is 2.80 bits per heavy atom. The minimum atomic E-state index is 0.132. The van der Waals surface area contributed by atoms with Crippen molar-refractivity contribution in [2.45, 2.75) is 12.8 Å². The van der Waals surface area contributed by atoms with E-state index >= 15 is 0 Å². The van der Waals surface area contributed by atoms with Crippen molar-refractivity contribution in [3.8, 4) is 5.75 Å². The molecular formula is C11H14N2O2. The van der Waals surface area contributed by atoms with Crippen LogP contribution in [0, 0.1) is 0 Å². The number of aryl methyl sites for hydroxylation is 1. The molecule has 0 fully saturated rings. The number of nitrogen functional groups attached to an aromatic ring is 1. The lowest BCUT2D eigenvalue weighted by Crippen LogP contribution is -2.31. The van der Waals surface area contributed by atoms with Gasteiger partial charge in [0.25, 0.3) is 0 Å². The van der Waals surface area contributed by atoms with Gasteiger partial charge in [-0.1, -0.05) is 0 Å². The predicted octanol–water partition coefficient (Wildman–Crippen LogP) is 1.19. The summed E-state index contributed by atoms with van der Waals surface area (Å²) in [5.41, 5.74) is 8.37. The molecule has 1 aliphatic rings. The highest BCUT2D eigenvalue weighted by atomic mass is 16.5. The average molecular weight is 206 g/mol. The Kier molecular flexibility index (Phi) is 2.26. The van der Waals surface area contributed by atoms with Crippen LogP contribution in [0.4, 0.5) is 11.4 Å². The van der Waals surface area contributed by atoms with Crippen LogP contribution in [0.2, 0.25) is 0 Å². The number of carbonyl (C=O) groups is 1. The molecule has 1 amide bonds. The van der Waals surface area contributed by atoms with Gasteiger partial charge in [-0.2, -0.15) is 0 Å². The number of hydrogen-bond donors (Lipinski definition) is 1. The zero-order chi connectivity index (χ0) is 11.0. The quantitative estimate of drug-likeness (QED) is 0.702. The zero-order valence-electron chi connectivity index (χ0n) is 8.91. The lowest BCUT2D eigenvalue weighted by molar-refractivity contribution is -0.118. The lowest BCUT2D eigenvalue weighted by atomic mass is 10.0. The van der Waals surface area contributed by atoms with Crippen LogP contribution in [0.3, 0.4) is 0 Å². The molecule has 15 heavy (non-hydrogen) atoms. The second-order valence-electron chi connectivity index (χ2n) is 3.68. The van der Waals surface area contributed by atoms with Gasteiger partial charge in [-0.3, -0.25) is 4.79 Å². The third-order valence-electron chi connectivity index (χ3n) is 2.77. The monoisotopic (exact) mass is 206 g/mol. The fourth-order valence-electron chi connectivity index (χ4n) is 1.86. The number of anilines is 2. The predicted molar refractivity (Wildman–Crippen MR) is 59.1 cm³/mol. The van der Waals surface area contributed by atoms with Crippen LogP contribution in [0.5, 0.6) is 5.75 Å². The fourth-order valence-corrected chi connectivity index (χ4v) is 1.86. The van der Waals surface area contributed by atoms with Crippen LogP contribution < -0.4 is 15.4 Å². The van der Waals surface area contributed by atoms with Gasteiger partial charge < -0.3 is 15.4 Å². The summed E-state index contributed by atoms with van der Waals surface area (Å²) in [5, 5.41) is 0. The Balaban J connectivity index is 2.52. The molecule has 0 radical (unpaired) electrons. The topological polar surface area (TPSA) is 55.6 Å². The number of hydrogen-bond acceptors (Lipinski definition) is 3. The second-order valence-corrected chi connectivity index (χ2v) is 3.68. The molecule has 0 saturated heterocycles. The van der Waals surface area contributed by atoms with E-state index in [1.54, 1.807) is 25.1 Å². The van der Waals surface area contributed by atoms with Gasteiger partial charge in [0.1, 0.15) is 5.75 Å². The first-order chi connectivity index (χ1) is 7.13. The maximum Gasteiger partial charge on any atom is 0.227 e. The van der Waals surface area contributed by atoms with Crippen LogP contribution >= 0.6 is 0 Å². The molecule has 0 aliphatic carbocycles. The van der Waals surface area contributed by atoms with E-state index in [1.165, 1.54) is 0 Å². The van der Waals surface area contributed by atoms with Crippen LogP contribution in [0.25, 0.3) is 0 Å². The van der Waals surface area contributed by atoms with E-state index in [0.29, 0.717) is 17.9 Å². The number of methoxy groups -OCH3 is 1. The molecule has 80 valence electrons. The van der Waals surface area contributed by atoms with Crippen LogP contribution in [-0.4, -0.2) is 20.1 Å². The number of amides is 1. The summed E-state index contributed by atoms with van der Waals surface area (Å²) in [6, 6.07) is 3.71. The molecule has 0 atom stereocenters. The first-order valence-corrected chi connectivity index (χ1v) is 4.86. The molecule has 1 aliphatic heterocycles. The average Bonchev–Trinajstić information content (AvgIpc) is 2.24. The van der Waals surface area contributed by atoms with E-state index in [4.69, 9.17) is 10.5 Å². The minimum absolute atomic E-state index is 0.132. The zero-order valence-corrected chi connectivity index (χ0v) is 8.91. The van der Waals surface area contributed by atoms with E-state index in [0.717, 1.165) is 17.7 Å². The first-order valence-electron chi connectivity index (χ1n) is 4.86. The maximum atomic E-state index is 11.5. The van der Waals surface area contributed by atoms with Crippen LogP contribution in [0.1, 0.15) is 12.0 Å². The molecule has 2 rings (SSSR count). The minimum Gasteiger partial charge on any atom is -0.495 e. The molecule has 0 spiro atoms. The van der Waals surface area contributed by atoms with Crippen molar-refractivity contribution in [3.05, 3.63) is 17.7 Å². The fraction of sp³-hybridized carbons (Fsp3) is 0.364. The molecule has 4 heteroatoms. The van der Waals surface area contributed by atoms with Crippen molar-refractivity contribution in [1.29, 1.82) is 0 Å². The highest BCUT2D eigenvalue weighted by Gasteiger charge is 2.22. The third kappa shape index (κ3) is 1.52. The molecule has 1 aromatic carbocycles. The molecule has 1 aromatic rings. The summed E-state index contributed by atoms with van der Waals surface area (Å²) in [7, 11) is 3.36. The smallest absolute Gasteiger partial charge is 0.227 e. The molecule has 2 N–H and O–H groups in total. The Bertz CT molecular complexity index is 415. The van der Waals surface area contributed by atoms with E-state index in [-0.39, 0.29) is 5.91 Å². The first kappa shape index (κ1) is 9.83. The lowest BCUT2D eigenvalue weighted by Gasteiger charge is -2.26. The summed E-state index contributed by atoms with van der Waals surface area (Å²) < 4.78 is 5.14. The van der Waals surface area contributed by atoms with Crippen molar-refractivity contribution in [2.75, 3.05) is 24.8 Å². The van der Waals surface area contributed by atoms with E-state index in [9.17, 15) is 4.79 Å². The molecule has 0 aromatic heterocycles. The molecule has 0 unspecified atom stereocenters. The Morgan fingerprint density at radius 1 is 1.40 bits per heavy atom. The van der Waals surface area contributed by atoms with Gasteiger partial charge in [-0.05, 0) is 24.1 Å². The van der Waals surface area contributed by atoms with Gasteiger partial charge >= 0.3 is 0 Å². The van der Waals surface area contributed by atoms with Crippen molar-refractivity contribution in [3.63, 3.8) is 0 Å². The number of nitrogens with zero attached hydrogens (tertiary/aromatic N) is 1. The SMILES string of the molecule is COc1cc2c(cc1N)N(C)C(=O)CC2. The van der Waals surface area contributed by atoms with Crippen LogP contribution in [0.15, 0.2) is 12.1 Å². The van der Waals surface area contributed by atoms with Crippen molar-refractivity contribution in [1.82, 2.24) is 0 Å². The summed E-state index contributed by atoms with van der Waals surface area (Å²) >= 11 is 0. The Morgan fingerprint density at radius 2 is 2.13 bits per heavy atom. The summed E-state index contributed by atoms with van der Waals surface area (Å²) in [5.74, 6) is 0.809. The largest absolute Gasteiger partial charge is 0.495 e. The number of nitrogens with two attached hydrogens (primary N) is 1. The van der Waals surface area contributed by atoms with E-state index < -0.39 is 0 Å². The summed E-state index contributed by atoms with van der Waals surface area (Å²) in [4.78, 5) is 13.1. The van der Waals surface area contributed by atoms with Gasteiger partial charge in [0.2, 0.25) is 5.91 Å². The standard InChI is InChI=1S/C11H14N2O2/c1-13-9-6-8(12)10(15-2)5-7(9)3-4-11(13)14/h5-6H,3-4,12H2,1-2H3. The van der Waals surface area contributed by atoms with Gasteiger partial charge in [-0.25, -0.2) is 0 Å². The summed E-state index contributed by atoms with van der Waals surface area (Å²) in [6.45, 7) is 0. The number of fused-ring (bicyclic) bond motifs is 1. The molecule has 0 saturated carbocycles. The number of ether oxygens (including phenoxy) is 1. The second kappa shape index (κ2) is 3.46. The maximum absolute atomic E-state index is 11.5. The third-order valence-corrected chi connectivity index (χ3v) is 2.77. The van der Waals surface area contributed by atoms with Crippen molar-refractivity contribution in [2.24, 2.45) is 0 Å². The Labute approximate surface area is 88.6 Å². The van der Waals surface area contributed by atoms with Gasteiger partial charge in [0, 0.05) is 19.2 Å². The molecular weight excluding hydrogens is 192 g/mol. The number of benzene rings is 1. The molecule has 1 heterocycles. The highest BCUT2D eigenvalue weighted by Crippen LogP contribution is 2.34. The molecule has 4 nitrogen and oxygen atoms in total. The van der Waals surface area contributed by atoms with Gasteiger partial charge in [0.05, 0.1) is 12.8 Å². The number of rotatable bonds is 1. The van der Waals surface area contributed by atoms with Crippen molar-refractivity contribution < 1.29 is 9.53 Å². The van der Waals surface area contributed by atoms with E-state index in [1.807, 2.05) is 6.07 Å². The number of carbonyl (C=O) groups excluding carboxylic acids is 1. The summed E-state index contributed by atoms with van der Waals surface area (Å²) in [6.07, 6.45) is 1.31.